The molecule has 1 N–H and O–H groups in total. The number of aromatic nitrogens is 2. The maximum atomic E-state index is 12.3. The predicted molar refractivity (Wildman–Crippen MR) is 113 cm³/mol. The van der Waals surface area contributed by atoms with Crippen LogP contribution in [0.4, 0.5) is 5.82 Å². The Kier molecular flexibility index (Phi) is 8.24. The molecule has 0 aliphatic carbocycles. The Hall–Kier alpha value is -2.83. The van der Waals surface area contributed by atoms with Gasteiger partial charge in [-0.05, 0) is 24.0 Å². The van der Waals surface area contributed by atoms with Gasteiger partial charge in [-0.1, -0.05) is 39.8 Å². The van der Waals surface area contributed by atoms with E-state index in [9.17, 15) is 9.59 Å². The molecule has 1 aromatic heterocycles. The van der Waals surface area contributed by atoms with Crippen LogP contribution in [-0.2, 0) is 20.9 Å². The number of carbonyl (C=O) groups is 2. The van der Waals surface area contributed by atoms with Gasteiger partial charge in [-0.3, -0.25) is 9.59 Å². The molecule has 1 amide bonds. The van der Waals surface area contributed by atoms with Crippen molar-refractivity contribution in [3.63, 3.8) is 0 Å². The normalized spacial score (nSPS) is 11.0. The number of rotatable bonds is 10. The van der Waals surface area contributed by atoms with E-state index in [1.54, 1.807) is 11.8 Å². The van der Waals surface area contributed by atoms with Crippen molar-refractivity contribution in [3.05, 3.63) is 30.3 Å². The van der Waals surface area contributed by atoms with Crippen LogP contribution in [0, 0.1) is 11.8 Å². The molecule has 7 heteroatoms. The number of hydrogen-bond donors (Lipinski definition) is 1. The highest BCUT2D eigenvalue weighted by Crippen LogP contribution is 2.25. The van der Waals surface area contributed by atoms with Crippen LogP contribution in [0.2, 0.25) is 0 Å². The molecule has 7 nitrogen and oxygen atoms in total. The zero-order valence-corrected chi connectivity index (χ0v) is 17.9. The van der Waals surface area contributed by atoms with Gasteiger partial charge in [0.25, 0.3) is 0 Å². The molecule has 29 heavy (non-hydrogen) atoms. The number of carbonyl (C=O) groups excluding carboxylic acids is 2. The summed E-state index contributed by atoms with van der Waals surface area (Å²) < 4.78 is 12.2. The number of esters is 1. The summed E-state index contributed by atoms with van der Waals surface area (Å²) in [5.74, 6) is 1.50. The Morgan fingerprint density at radius 3 is 2.48 bits per heavy atom. The van der Waals surface area contributed by atoms with Crippen molar-refractivity contribution in [1.29, 1.82) is 0 Å². The molecule has 0 spiro atoms. The maximum Gasteiger partial charge on any atom is 0.306 e. The molecule has 2 aromatic rings. The van der Waals surface area contributed by atoms with Gasteiger partial charge in [0.1, 0.15) is 18.2 Å². The number of nitrogens with zero attached hydrogens (tertiary/aromatic N) is 2. The summed E-state index contributed by atoms with van der Waals surface area (Å²) >= 11 is 0. The monoisotopic (exact) mass is 401 g/mol. The average molecular weight is 402 g/mol. The minimum atomic E-state index is -0.231. The van der Waals surface area contributed by atoms with Gasteiger partial charge in [0.15, 0.2) is 0 Å². The molecule has 0 aliphatic rings. The molecule has 1 heterocycles. The summed E-state index contributed by atoms with van der Waals surface area (Å²) in [4.78, 5) is 24.1. The van der Waals surface area contributed by atoms with E-state index in [0.29, 0.717) is 30.9 Å². The summed E-state index contributed by atoms with van der Waals surface area (Å²) in [6, 6.07) is 9.38. The van der Waals surface area contributed by atoms with Crippen LogP contribution < -0.4 is 10.1 Å². The van der Waals surface area contributed by atoms with E-state index in [0.717, 1.165) is 11.3 Å². The first-order chi connectivity index (χ1) is 13.8. The average Bonchev–Trinajstić information content (AvgIpc) is 3.03. The van der Waals surface area contributed by atoms with Crippen LogP contribution >= 0.6 is 0 Å². The summed E-state index contributed by atoms with van der Waals surface area (Å²) in [6.45, 7) is 8.47. The molecule has 1 aromatic carbocycles. The standard InChI is InChI=1S/C22H31N3O4/c1-15(2)11-21(26)23-20-14-19(17-7-6-8-18(13-17)28-5)24-25(20)9-10-29-22(27)12-16(3)4/h6-8,13-16H,9-12H2,1-5H3,(H,23,26). The lowest BCUT2D eigenvalue weighted by Gasteiger charge is -2.11. The molecule has 0 atom stereocenters. The number of benzene rings is 1. The van der Waals surface area contributed by atoms with E-state index in [1.165, 1.54) is 0 Å². The fourth-order valence-corrected chi connectivity index (χ4v) is 2.81. The van der Waals surface area contributed by atoms with Crippen LogP contribution in [0.1, 0.15) is 40.5 Å². The van der Waals surface area contributed by atoms with Gasteiger partial charge in [-0.25, -0.2) is 4.68 Å². The number of anilines is 1. The Labute approximate surface area is 172 Å². The number of hydrogen-bond acceptors (Lipinski definition) is 5. The molecule has 0 unspecified atom stereocenters. The third-order valence-corrected chi connectivity index (χ3v) is 4.15. The van der Waals surface area contributed by atoms with E-state index < -0.39 is 0 Å². The van der Waals surface area contributed by atoms with Crippen molar-refractivity contribution in [3.8, 4) is 17.0 Å². The zero-order chi connectivity index (χ0) is 21.4. The molecule has 0 saturated heterocycles. The molecular formula is C22H31N3O4. The Morgan fingerprint density at radius 2 is 1.83 bits per heavy atom. The molecule has 158 valence electrons. The van der Waals surface area contributed by atoms with Gasteiger partial charge < -0.3 is 14.8 Å². The first kappa shape index (κ1) is 22.5. The molecule has 2 rings (SSSR count). The molecular weight excluding hydrogens is 370 g/mol. The fraction of sp³-hybridized carbons (Fsp3) is 0.500. The topological polar surface area (TPSA) is 82.5 Å². The van der Waals surface area contributed by atoms with Gasteiger partial charge in [0.2, 0.25) is 5.91 Å². The van der Waals surface area contributed by atoms with Gasteiger partial charge in [0.05, 0.1) is 19.3 Å². The van der Waals surface area contributed by atoms with E-state index in [-0.39, 0.29) is 30.3 Å². The van der Waals surface area contributed by atoms with Crippen molar-refractivity contribution in [2.45, 2.75) is 47.1 Å². The van der Waals surface area contributed by atoms with Gasteiger partial charge in [-0.2, -0.15) is 5.10 Å². The number of methoxy groups -OCH3 is 1. The summed E-state index contributed by atoms with van der Waals surface area (Å²) in [5.41, 5.74) is 1.58. The molecule has 0 saturated carbocycles. The number of ether oxygens (including phenoxy) is 2. The lowest BCUT2D eigenvalue weighted by Crippen LogP contribution is -2.19. The van der Waals surface area contributed by atoms with Crippen molar-refractivity contribution in [1.82, 2.24) is 9.78 Å². The molecule has 0 radical (unpaired) electrons. The Balaban J connectivity index is 2.18. The van der Waals surface area contributed by atoms with Crippen LogP contribution in [0.3, 0.4) is 0 Å². The van der Waals surface area contributed by atoms with Crippen molar-refractivity contribution in [2.75, 3.05) is 19.0 Å². The van der Waals surface area contributed by atoms with Crippen molar-refractivity contribution < 1.29 is 19.1 Å². The lowest BCUT2D eigenvalue weighted by molar-refractivity contribution is -0.144. The maximum absolute atomic E-state index is 12.3. The van der Waals surface area contributed by atoms with E-state index >= 15 is 0 Å². The summed E-state index contributed by atoms with van der Waals surface area (Å²) in [5, 5.41) is 7.52. The van der Waals surface area contributed by atoms with Crippen LogP contribution in [-0.4, -0.2) is 35.4 Å². The fourth-order valence-electron chi connectivity index (χ4n) is 2.81. The third-order valence-electron chi connectivity index (χ3n) is 4.15. The summed E-state index contributed by atoms with van der Waals surface area (Å²) in [7, 11) is 1.61. The first-order valence-electron chi connectivity index (χ1n) is 9.96. The van der Waals surface area contributed by atoms with Crippen LogP contribution in [0.15, 0.2) is 30.3 Å². The van der Waals surface area contributed by atoms with Crippen molar-refractivity contribution in [2.24, 2.45) is 11.8 Å². The summed E-state index contributed by atoms with van der Waals surface area (Å²) in [6.07, 6.45) is 0.801. The highest BCUT2D eigenvalue weighted by Gasteiger charge is 2.14. The smallest absolute Gasteiger partial charge is 0.306 e. The molecule has 0 aliphatic heterocycles. The van der Waals surface area contributed by atoms with E-state index in [2.05, 4.69) is 10.4 Å². The minimum Gasteiger partial charge on any atom is -0.497 e. The van der Waals surface area contributed by atoms with Gasteiger partial charge in [0, 0.05) is 24.5 Å². The van der Waals surface area contributed by atoms with E-state index in [4.69, 9.17) is 9.47 Å². The quantitative estimate of drug-likeness (QED) is 0.605. The predicted octanol–water partition coefficient (Wildman–Crippen LogP) is 4.13. The zero-order valence-electron chi connectivity index (χ0n) is 17.9. The second-order valence-corrected chi connectivity index (χ2v) is 7.83. The lowest BCUT2D eigenvalue weighted by atomic mass is 10.1. The minimum absolute atomic E-state index is 0.0739. The van der Waals surface area contributed by atoms with Crippen LogP contribution in [0.5, 0.6) is 5.75 Å². The van der Waals surface area contributed by atoms with E-state index in [1.807, 2.05) is 58.0 Å². The highest BCUT2D eigenvalue weighted by atomic mass is 16.5. The SMILES string of the molecule is COc1cccc(-c2cc(NC(=O)CC(C)C)n(CCOC(=O)CC(C)C)n2)c1. The molecule has 0 bridgehead atoms. The molecule has 0 fully saturated rings. The second kappa shape index (κ2) is 10.6. The largest absolute Gasteiger partial charge is 0.497 e. The third kappa shape index (κ3) is 7.25. The second-order valence-electron chi connectivity index (χ2n) is 7.83. The number of nitrogens with one attached hydrogen (secondary N) is 1. The van der Waals surface area contributed by atoms with Gasteiger partial charge in [-0.15, -0.1) is 0 Å². The number of amides is 1. The van der Waals surface area contributed by atoms with Crippen LogP contribution in [0.25, 0.3) is 11.3 Å². The Bertz CT molecular complexity index is 827. The first-order valence-corrected chi connectivity index (χ1v) is 9.96. The Morgan fingerprint density at radius 1 is 1.10 bits per heavy atom. The van der Waals surface area contributed by atoms with Gasteiger partial charge >= 0.3 is 5.97 Å². The highest BCUT2D eigenvalue weighted by molar-refractivity contribution is 5.90. The van der Waals surface area contributed by atoms with Crippen molar-refractivity contribution >= 4 is 17.7 Å².